The van der Waals surface area contributed by atoms with Crippen LogP contribution < -0.4 is 4.90 Å². The number of halogens is 2. The number of anilines is 1. The van der Waals surface area contributed by atoms with Crippen LogP contribution in [-0.2, 0) is 17.8 Å². The molecular formula is C29H33F2N3O3. The Morgan fingerprint density at radius 2 is 1.68 bits per heavy atom. The van der Waals surface area contributed by atoms with Gasteiger partial charge in [0.2, 0.25) is 0 Å². The highest BCUT2D eigenvalue weighted by atomic mass is 19.1. The Balaban J connectivity index is 1.27. The van der Waals surface area contributed by atoms with Crippen LogP contribution >= 0.6 is 0 Å². The summed E-state index contributed by atoms with van der Waals surface area (Å²) in [5.74, 6) is -1.39. The Morgan fingerprint density at radius 3 is 2.41 bits per heavy atom. The van der Waals surface area contributed by atoms with E-state index in [-0.39, 0.29) is 29.8 Å². The summed E-state index contributed by atoms with van der Waals surface area (Å²) in [6.45, 7) is 4.70. The molecule has 8 heteroatoms. The molecule has 1 aliphatic heterocycles. The summed E-state index contributed by atoms with van der Waals surface area (Å²) in [7, 11) is 0. The maximum atomic E-state index is 14.2. The van der Waals surface area contributed by atoms with Gasteiger partial charge in [-0.3, -0.25) is 14.5 Å². The minimum atomic E-state index is -0.784. The van der Waals surface area contributed by atoms with Crippen molar-refractivity contribution in [3.8, 4) is 0 Å². The number of hydrogen-bond acceptors (Lipinski definition) is 4. The van der Waals surface area contributed by atoms with Crippen molar-refractivity contribution in [3.63, 3.8) is 0 Å². The van der Waals surface area contributed by atoms with Crippen molar-refractivity contribution in [2.24, 2.45) is 5.92 Å². The maximum Gasteiger partial charge on any atom is 0.303 e. The average molecular weight is 510 g/mol. The molecule has 0 radical (unpaired) electrons. The molecule has 3 aromatic rings. The van der Waals surface area contributed by atoms with Gasteiger partial charge in [-0.25, -0.2) is 8.78 Å². The molecule has 1 aliphatic carbocycles. The molecule has 1 N–H and O–H groups in total. The van der Waals surface area contributed by atoms with E-state index in [4.69, 9.17) is 5.11 Å². The van der Waals surface area contributed by atoms with E-state index in [9.17, 15) is 18.4 Å². The second-order valence-corrected chi connectivity index (χ2v) is 10.2. The standard InChI is InChI=1S/C29H33F2N3O3/c30-21-6-9-23(10-7-21)33-16-14-32(15-17-33)19-20-5-11-26-28(29(20)37)24-18-22(31)8-12-25(24)34(26)13-3-1-2-4-27(35)36/h6-10,12,18,20H,1-5,11,13-17,19H2,(H,35,36). The van der Waals surface area contributed by atoms with Crippen LogP contribution in [0.4, 0.5) is 14.5 Å². The molecule has 37 heavy (non-hydrogen) atoms. The van der Waals surface area contributed by atoms with Gasteiger partial charge >= 0.3 is 5.97 Å². The first-order chi connectivity index (χ1) is 17.9. The Hall–Kier alpha value is -3.26. The number of rotatable bonds is 9. The van der Waals surface area contributed by atoms with Crippen LogP contribution in [0.3, 0.4) is 0 Å². The molecule has 2 heterocycles. The van der Waals surface area contributed by atoms with Gasteiger partial charge in [0.05, 0.1) is 0 Å². The van der Waals surface area contributed by atoms with E-state index in [0.717, 1.165) is 68.8 Å². The smallest absolute Gasteiger partial charge is 0.303 e. The van der Waals surface area contributed by atoms with Crippen molar-refractivity contribution in [3.05, 3.63) is 65.4 Å². The van der Waals surface area contributed by atoms with Crippen molar-refractivity contribution in [2.75, 3.05) is 37.6 Å². The van der Waals surface area contributed by atoms with Crippen LogP contribution in [0.1, 0.15) is 48.2 Å². The number of benzene rings is 2. The Morgan fingerprint density at radius 1 is 0.946 bits per heavy atom. The number of carboxylic acid groups (broad SMARTS) is 1. The Bertz CT molecular complexity index is 1280. The number of carboxylic acids is 1. The van der Waals surface area contributed by atoms with Gasteiger partial charge in [-0.05, 0) is 68.1 Å². The van der Waals surface area contributed by atoms with Gasteiger partial charge in [-0.2, -0.15) is 0 Å². The SMILES string of the molecule is O=C(O)CCCCCn1c2c(c3cc(F)ccc31)C(=O)C(CN1CCN(c3ccc(F)cc3)CC1)CC2. The lowest BCUT2D eigenvalue weighted by atomic mass is 9.84. The normalized spacial score (nSPS) is 18.4. The highest BCUT2D eigenvalue weighted by molar-refractivity contribution is 6.11. The molecule has 0 spiro atoms. The number of aliphatic carboxylic acids is 1. The van der Waals surface area contributed by atoms with Crippen LogP contribution in [0.2, 0.25) is 0 Å². The first kappa shape index (κ1) is 25.4. The quantitative estimate of drug-likeness (QED) is 0.405. The number of ketones is 1. The van der Waals surface area contributed by atoms with Crippen LogP contribution in [0.15, 0.2) is 42.5 Å². The van der Waals surface area contributed by atoms with Crippen LogP contribution in [0.5, 0.6) is 0 Å². The number of unbranched alkanes of at least 4 members (excludes halogenated alkanes) is 2. The van der Waals surface area contributed by atoms with Gasteiger partial charge in [-0.1, -0.05) is 6.42 Å². The van der Waals surface area contributed by atoms with Gasteiger partial charge in [0, 0.05) is 79.5 Å². The molecular weight excluding hydrogens is 476 g/mol. The first-order valence-corrected chi connectivity index (χ1v) is 13.2. The van der Waals surface area contributed by atoms with E-state index in [0.29, 0.717) is 30.5 Å². The third-order valence-electron chi connectivity index (χ3n) is 7.79. The molecule has 2 aliphatic rings. The van der Waals surface area contributed by atoms with Crippen LogP contribution in [0, 0.1) is 17.6 Å². The molecule has 1 aromatic heterocycles. The Kier molecular flexibility index (Phi) is 7.55. The maximum absolute atomic E-state index is 14.2. The van der Waals surface area contributed by atoms with Crippen molar-refractivity contribution in [2.45, 2.75) is 45.1 Å². The molecule has 5 rings (SSSR count). The fraction of sp³-hybridized carbons (Fsp3) is 0.448. The number of nitrogens with zero attached hydrogens (tertiary/aromatic N) is 3. The van der Waals surface area contributed by atoms with Crippen molar-refractivity contribution >= 4 is 28.3 Å². The predicted molar refractivity (Wildman–Crippen MR) is 139 cm³/mol. The number of hydrogen-bond donors (Lipinski definition) is 1. The second-order valence-electron chi connectivity index (χ2n) is 10.2. The lowest BCUT2D eigenvalue weighted by Crippen LogP contribution is -2.49. The fourth-order valence-corrected chi connectivity index (χ4v) is 5.87. The zero-order valence-corrected chi connectivity index (χ0v) is 21.0. The number of fused-ring (bicyclic) bond motifs is 3. The zero-order chi connectivity index (χ0) is 25.9. The minimum Gasteiger partial charge on any atom is -0.481 e. The molecule has 196 valence electrons. The predicted octanol–water partition coefficient (Wildman–Crippen LogP) is 5.13. The molecule has 2 aromatic carbocycles. The minimum absolute atomic E-state index is 0.0995. The summed E-state index contributed by atoms with van der Waals surface area (Å²) in [5, 5.41) is 9.56. The lowest BCUT2D eigenvalue weighted by Gasteiger charge is -2.38. The van der Waals surface area contributed by atoms with Gasteiger partial charge in [0.1, 0.15) is 11.6 Å². The van der Waals surface area contributed by atoms with Crippen LogP contribution in [-0.4, -0.2) is 59.0 Å². The van der Waals surface area contributed by atoms with Crippen molar-refractivity contribution < 1.29 is 23.5 Å². The molecule has 0 bridgehead atoms. The highest BCUT2D eigenvalue weighted by Gasteiger charge is 2.34. The topological polar surface area (TPSA) is 65.8 Å². The number of carbonyl (C=O) groups excluding carboxylic acids is 1. The zero-order valence-electron chi connectivity index (χ0n) is 21.0. The van der Waals surface area contributed by atoms with E-state index in [1.165, 1.54) is 24.3 Å². The van der Waals surface area contributed by atoms with Crippen molar-refractivity contribution in [1.82, 2.24) is 9.47 Å². The lowest BCUT2D eigenvalue weighted by molar-refractivity contribution is -0.137. The summed E-state index contributed by atoms with van der Waals surface area (Å²) >= 11 is 0. The third-order valence-corrected chi connectivity index (χ3v) is 7.79. The molecule has 0 amide bonds. The van der Waals surface area contributed by atoms with E-state index in [2.05, 4.69) is 14.4 Å². The molecule has 1 fully saturated rings. The summed E-state index contributed by atoms with van der Waals surface area (Å²) < 4.78 is 29.6. The number of Topliss-reactive ketones (excluding diaryl/α,β-unsaturated/α-hetero) is 1. The number of carbonyl (C=O) groups is 2. The van der Waals surface area contributed by atoms with Gasteiger partial charge in [-0.15, -0.1) is 0 Å². The summed E-state index contributed by atoms with van der Waals surface area (Å²) in [6, 6.07) is 11.3. The average Bonchev–Trinajstić information content (AvgIpc) is 3.19. The summed E-state index contributed by atoms with van der Waals surface area (Å²) in [5.41, 5.74) is 3.55. The van der Waals surface area contributed by atoms with E-state index < -0.39 is 5.97 Å². The van der Waals surface area contributed by atoms with Gasteiger partial charge < -0.3 is 14.6 Å². The molecule has 0 saturated carbocycles. The van der Waals surface area contributed by atoms with E-state index in [1.54, 1.807) is 18.2 Å². The summed E-state index contributed by atoms with van der Waals surface area (Å²) in [4.78, 5) is 29.1. The monoisotopic (exact) mass is 509 g/mol. The Labute approximate surface area is 215 Å². The number of piperazine rings is 1. The third kappa shape index (κ3) is 5.54. The molecule has 1 saturated heterocycles. The molecule has 6 nitrogen and oxygen atoms in total. The first-order valence-electron chi connectivity index (χ1n) is 13.2. The van der Waals surface area contributed by atoms with Crippen LogP contribution in [0.25, 0.3) is 10.9 Å². The van der Waals surface area contributed by atoms with E-state index in [1.807, 2.05) is 0 Å². The van der Waals surface area contributed by atoms with Gasteiger partial charge in [0.25, 0.3) is 0 Å². The fourth-order valence-electron chi connectivity index (χ4n) is 5.87. The van der Waals surface area contributed by atoms with E-state index >= 15 is 0 Å². The van der Waals surface area contributed by atoms with Gasteiger partial charge in [0.15, 0.2) is 5.78 Å². The highest BCUT2D eigenvalue weighted by Crippen LogP contribution is 2.36. The largest absolute Gasteiger partial charge is 0.481 e. The number of aromatic nitrogens is 1. The van der Waals surface area contributed by atoms with Crippen molar-refractivity contribution in [1.29, 1.82) is 0 Å². The summed E-state index contributed by atoms with van der Waals surface area (Å²) in [6.07, 6.45) is 3.93. The second kappa shape index (κ2) is 11.0. The molecule has 1 unspecified atom stereocenters. The molecule has 1 atom stereocenters. The number of aryl methyl sites for hydroxylation is 1.